The summed E-state index contributed by atoms with van der Waals surface area (Å²) in [5.74, 6) is 1.32. The van der Waals surface area contributed by atoms with Crippen molar-refractivity contribution in [1.29, 1.82) is 0 Å². The lowest BCUT2D eigenvalue weighted by atomic mass is 9.92. The highest BCUT2D eigenvalue weighted by Crippen LogP contribution is 2.32. The van der Waals surface area contributed by atoms with E-state index in [0.29, 0.717) is 11.9 Å². The number of piperidine rings is 1. The van der Waals surface area contributed by atoms with Gasteiger partial charge in [0.05, 0.1) is 15.8 Å². The molecule has 0 spiro atoms. The van der Waals surface area contributed by atoms with Gasteiger partial charge in [0, 0.05) is 29.7 Å². The molecule has 1 aromatic carbocycles. The van der Waals surface area contributed by atoms with E-state index in [2.05, 4.69) is 29.2 Å². The van der Waals surface area contributed by atoms with Crippen molar-refractivity contribution in [3.05, 3.63) is 40.3 Å². The fourth-order valence-electron chi connectivity index (χ4n) is 4.72. The second kappa shape index (κ2) is 8.86. The molecular weight excluding hydrogens is 396 g/mol. The molecule has 3 heterocycles. The van der Waals surface area contributed by atoms with E-state index in [1.807, 2.05) is 31.2 Å². The van der Waals surface area contributed by atoms with Gasteiger partial charge in [0.15, 0.2) is 0 Å². The van der Waals surface area contributed by atoms with Crippen molar-refractivity contribution in [3.8, 4) is 0 Å². The minimum atomic E-state index is -0.195. The number of likely N-dealkylation sites (tertiary alicyclic amines) is 1. The third-order valence-electron chi connectivity index (χ3n) is 5.85. The Morgan fingerprint density at radius 2 is 1.97 bits per heavy atom. The Balaban J connectivity index is 1.38. The van der Waals surface area contributed by atoms with Crippen LogP contribution in [0.1, 0.15) is 32.4 Å². The van der Waals surface area contributed by atoms with Gasteiger partial charge in [-0.2, -0.15) is 5.10 Å². The number of nitrogens with one attached hydrogen (secondary N) is 1. The van der Waals surface area contributed by atoms with Crippen LogP contribution < -0.4 is 10.9 Å². The van der Waals surface area contributed by atoms with Crippen molar-refractivity contribution >= 4 is 37.4 Å². The molecule has 2 aromatic heterocycles. The Labute approximate surface area is 180 Å². The summed E-state index contributed by atoms with van der Waals surface area (Å²) >= 11 is 1.58. The van der Waals surface area contributed by atoms with Crippen LogP contribution in [0.3, 0.4) is 0 Å². The number of amides is 1. The molecule has 1 aliphatic rings. The van der Waals surface area contributed by atoms with Gasteiger partial charge in [-0.15, -0.1) is 11.3 Å². The predicted octanol–water partition coefficient (Wildman–Crippen LogP) is 3.40. The molecule has 4 rings (SSSR count). The van der Waals surface area contributed by atoms with Crippen LogP contribution in [0.25, 0.3) is 20.2 Å². The quantitative estimate of drug-likeness (QED) is 0.614. The molecule has 0 saturated carbocycles. The molecule has 3 aromatic rings. The molecule has 30 heavy (non-hydrogen) atoms. The molecule has 7 heteroatoms. The Morgan fingerprint density at radius 1 is 1.23 bits per heavy atom. The van der Waals surface area contributed by atoms with Gasteiger partial charge < -0.3 is 10.2 Å². The van der Waals surface area contributed by atoms with E-state index in [0.717, 1.165) is 58.4 Å². The minimum absolute atomic E-state index is 0.0441. The lowest BCUT2D eigenvalue weighted by Gasteiger charge is -2.34. The van der Waals surface area contributed by atoms with Crippen molar-refractivity contribution in [2.45, 2.75) is 40.2 Å². The van der Waals surface area contributed by atoms with E-state index in [1.54, 1.807) is 11.3 Å². The molecule has 160 valence electrons. The molecule has 1 N–H and O–H groups in total. The molecule has 1 aliphatic heterocycles. The summed E-state index contributed by atoms with van der Waals surface area (Å²) < 4.78 is 3.28. The van der Waals surface area contributed by atoms with Crippen molar-refractivity contribution in [2.24, 2.45) is 11.8 Å². The minimum Gasteiger partial charge on any atom is -0.354 e. The number of benzene rings is 1. The number of thiophene rings is 1. The smallest absolute Gasteiger partial charge is 0.276 e. The molecule has 0 radical (unpaired) electrons. The van der Waals surface area contributed by atoms with Crippen LogP contribution in [0.2, 0.25) is 0 Å². The number of hydrogen-bond acceptors (Lipinski definition) is 5. The standard InChI is InChI=1S/C23H30N4O2S/c1-15-11-16(2)13-26(12-15)10-6-9-24-20(28)14-27-23(29)21-18-7-4-5-8-19(18)30-22(21)17(3)25-27/h4-5,7-8,15-16H,6,9-14H2,1-3H3,(H,24,28)/t15-,16+. The van der Waals surface area contributed by atoms with Gasteiger partial charge in [-0.25, -0.2) is 4.68 Å². The van der Waals surface area contributed by atoms with Crippen LogP contribution in [0.5, 0.6) is 0 Å². The van der Waals surface area contributed by atoms with Crippen molar-refractivity contribution < 1.29 is 4.79 Å². The zero-order valence-electron chi connectivity index (χ0n) is 18.0. The molecule has 1 saturated heterocycles. The molecule has 0 aliphatic carbocycles. The first-order chi connectivity index (χ1) is 14.4. The third kappa shape index (κ3) is 4.42. The van der Waals surface area contributed by atoms with Gasteiger partial charge in [-0.1, -0.05) is 32.0 Å². The van der Waals surface area contributed by atoms with Crippen LogP contribution in [0.15, 0.2) is 29.1 Å². The van der Waals surface area contributed by atoms with Crippen molar-refractivity contribution in [3.63, 3.8) is 0 Å². The Kier molecular flexibility index (Phi) is 6.20. The molecule has 6 nitrogen and oxygen atoms in total. The van der Waals surface area contributed by atoms with Crippen LogP contribution in [-0.4, -0.2) is 46.8 Å². The first kappa shape index (κ1) is 21.0. The summed E-state index contributed by atoms with van der Waals surface area (Å²) in [4.78, 5) is 28.0. The average molecular weight is 427 g/mol. The number of aromatic nitrogens is 2. The van der Waals surface area contributed by atoms with Gasteiger partial charge in [0.1, 0.15) is 6.54 Å². The SMILES string of the molecule is Cc1nn(CC(=O)NCCCN2C[C@H](C)C[C@H](C)C2)c(=O)c2c1sc1ccccc12. The zero-order chi connectivity index (χ0) is 21.3. The third-order valence-corrected chi connectivity index (χ3v) is 7.13. The van der Waals surface area contributed by atoms with Crippen molar-refractivity contribution in [2.75, 3.05) is 26.2 Å². The first-order valence-electron chi connectivity index (χ1n) is 10.8. The largest absolute Gasteiger partial charge is 0.354 e. The number of rotatable bonds is 6. The highest BCUT2D eigenvalue weighted by Gasteiger charge is 2.21. The van der Waals surface area contributed by atoms with Crippen LogP contribution in [0, 0.1) is 18.8 Å². The molecule has 1 amide bonds. The number of fused-ring (bicyclic) bond motifs is 3. The average Bonchev–Trinajstić information content (AvgIpc) is 3.09. The fraction of sp³-hybridized carbons (Fsp3) is 0.522. The summed E-state index contributed by atoms with van der Waals surface area (Å²) in [6.45, 7) is 10.4. The highest BCUT2D eigenvalue weighted by molar-refractivity contribution is 7.26. The molecule has 0 unspecified atom stereocenters. The van der Waals surface area contributed by atoms with E-state index in [4.69, 9.17) is 0 Å². The topological polar surface area (TPSA) is 67.2 Å². The van der Waals surface area contributed by atoms with Crippen LogP contribution >= 0.6 is 11.3 Å². The second-order valence-corrected chi connectivity index (χ2v) is 9.81. The lowest BCUT2D eigenvalue weighted by Crippen LogP contribution is -2.40. The van der Waals surface area contributed by atoms with Gasteiger partial charge in [0.25, 0.3) is 5.56 Å². The second-order valence-electron chi connectivity index (χ2n) is 8.76. The first-order valence-corrected chi connectivity index (χ1v) is 11.6. The molecule has 0 bridgehead atoms. The molecule has 1 fully saturated rings. The van der Waals surface area contributed by atoms with Gasteiger partial charge >= 0.3 is 0 Å². The maximum Gasteiger partial charge on any atom is 0.276 e. The van der Waals surface area contributed by atoms with E-state index in [-0.39, 0.29) is 18.0 Å². The molecular formula is C23H30N4O2S. The van der Waals surface area contributed by atoms with E-state index >= 15 is 0 Å². The number of hydrogen-bond donors (Lipinski definition) is 1. The summed E-state index contributed by atoms with van der Waals surface area (Å²) in [5, 5.41) is 8.96. The maximum absolute atomic E-state index is 13.0. The summed E-state index contributed by atoms with van der Waals surface area (Å²) in [6.07, 6.45) is 2.22. The monoisotopic (exact) mass is 426 g/mol. The van der Waals surface area contributed by atoms with E-state index in [9.17, 15) is 9.59 Å². The molecule has 2 atom stereocenters. The normalized spacial score (nSPS) is 20.1. The van der Waals surface area contributed by atoms with Gasteiger partial charge in [-0.3, -0.25) is 9.59 Å². The summed E-state index contributed by atoms with van der Waals surface area (Å²) in [6, 6.07) is 7.88. The number of carbonyl (C=O) groups excluding carboxylic acids is 1. The summed E-state index contributed by atoms with van der Waals surface area (Å²) in [7, 11) is 0. The Hall–Kier alpha value is -2.25. The van der Waals surface area contributed by atoms with E-state index in [1.165, 1.54) is 11.1 Å². The van der Waals surface area contributed by atoms with Gasteiger partial charge in [-0.05, 0) is 44.2 Å². The number of carbonyl (C=O) groups is 1. The van der Waals surface area contributed by atoms with Crippen LogP contribution in [0.4, 0.5) is 0 Å². The summed E-state index contributed by atoms with van der Waals surface area (Å²) in [5.41, 5.74) is 0.589. The van der Waals surface area contributed by atoms with Gasteiger partial charge in [0.2, 0.25) is 5.91 Å². The lowest BCUT2D eigenvalue weighted by molar-refractivity contribution is -0.121. The van der Waals surface area contributed by atoms with E-state index < -0.39 is 0 Å². The highest BCUT2D eigenvalue weighted by atomic mass is 32.1. The Bertz CT molecular complexity index is 1110. The number of nitrogens with zero attached hydrogens (tertiary/aromatic N) is 3. The van der Waals surface area contributed by atoms with Crippen molar-refractivity contribution in [1.82, 2.24) is 20.0 Å². The maximum atomic E-state index is 13.0. The predicted molar refractivity (Wildman–Crippen MR) is 123 cm³/mol. The number of aryl methyl sites for hydroxylation is 1. The van der Waals surface area contributed by atoms with Crippen LogP contribution in [-0.2, 0) is 11.3 Å². The fourth-order valence-corrected chi connectivity index (χ4v) is 5.85. The zero-order valence-corrected chi connectivity index (χ0v) is 18.8. The Morgan fingerprint density at radius 3 is 2.73 bits per heavy atom.